The summed E-state index contributed by atoms with van der Waals surface area (Å²) < 4.78 is 0. The number of carbonyl (C=O) groups is 1. The first-order valence-corrected chi connectivity index (χ1v) is 9.00. The fourth-order valence-electron chi connectivity index (χ4n) is 2.91. The second-order valence-corrected chi connectivity index (χ2v) is 6.51. The molecular formula is C21H29N3O. The van der Waals surface area contributed by atoms with Crippen LogP contribution in [0.15, 0.2) is 60.7 Å². The Balaban J connectivity index is 1.98. The Morgan fingerprint density at radius 2 is 1.44 bits per heavy atom. The molecule has 0 spiro atoms. The molecule has 134 valence electrons. The molecule has 0 radical (unpaired) electrons. The van der Waals surface area contributed by atoms with Crippen molar-refractivity contribution in [2.75, 3.05) is 13.1 Å². The first kappa shape index (κ1) is 19.2. The van der Waals surface area contributed by atoms with E-state index in [2.05, 4.69) is 29.6 Å². The van der Waals surface area contributed by atoms with E-state index in [4.69, 9.17) is 11.5 Å². The average Bonchev–Trinajstić information content (AvgIpc) is 2.65. The van der Waals surface area contributed by atoms with Gasteiger partial charge in [0.15, 0.2) is 0 Å². The zero-order chi connectivity index (χ0) is 17.9. The molecule has 1 unspecified atom stereocenters. The van der Waals surface area contributed by atoms with Gasteiger partial charge in [-0.15, -0.1) is 0 Å². The van der Waals surface area contributed by atoms with Crippen LogP contribution < -0.4 is 16.8 Å². The van der Waals surface area contributed by atoms with Gasteiger partial charge in [0.25, 0.3) is 0 Å². The van der Waals surface area contributed by atoms with E-state index in [1.54, 1.807) is 0 Å². The predicted molar refractivity (Wildman–Crippen MR) is 103 cm³/mol. The molecule has 2 rings (SSSR count). The highest BCUT2D eigenvalue weighted by molar-refractivity contribution is 5.79. The predicted octanol–water partition coefficient (Wildman–Crippen LogP) is 2.27. The summed E-state index contributed by atoms with van der Waals surface area (Å²) in [5.41, 5.74) is 13.9. The van der Waals surface area contributed by atoms with Crippen molar-refractivity contribution in [2.24, 2.45) is 17.4 Å². The number of nitrogens with two attached hydrogens (primary N) is 2. The van der Waals surface area contributed by atoms with Crippen LogP contribution in [0.4, 0.5) is 0 Å². The molecule has 0 saturated carbocycles. The number of hydrogen-bond acceptors (Lipinski definition) is 3. The maximum Gasteiger partial charge on any atom is 0.223 e. The summed E-state index contributed by atoms with van der Waals surface area (Å²) in [4.78, 5) is 12.7. The lowest BCUT2D eigenvalue weighted by atomic mass is 9.91. The molecule has 0 bridgehead atoms. The lowest BCUT2D eigenvalue weighted by molar-refractivity contribution is -0.125. The SMILES string of the molecule is NCCCC(N)CNC(=O)C(Cc1ccccc1)Cc1ccccc1. The van der Waals surface area contributed by atoms with Crippen molar-refractivity contribution < 1.29 is 4.79 Å². The summed E-state index contributed by atoms with van der Waals surface area (Å²) in [5.74, 6) is -0.0394. The van der Waals surface area contributed by atoms with Crippen LogP contribution in [0.3, 0.4) is 0 Å². The monoisotopic (exact) mass is 339 g/mol. The van der Waals surface area contributed by atoms with Gasteiger partial charge in [-0.05, 0) is 43.4 Å². The van der Waals surface area contributed by atoms with Crippen LogP contribution in [0.2, 0.25) is 0 Å². The van der Waals surface area contributed by atoms with E-state index in [1.165, 1.54) is 11.1 Å². The molecule has 2 aromatic rings. The highest BCUT2D eigenvalue weighted by atomic mass is 16.1. The molecular weight excluding hydrogens is 310 g/mol. The van der Waals surface area contributed by atoms with Crippen molar-refractivity contribution in [3.8, 4) is 0 Å². The molecule has 0 saturated heterocycles. The van der Waals surface area contributed by atoms with Gasteiger partial charge in [-0.25, -0.2) is 0 Å². The molecule has 25 heavy (non-hydrogen) atoms. The smallest absolute Gasteiger partial charge is 0.223 e. The molecule has 0 aliphatic heterocycles. The molecule has 0 heterocycles. The third-order valence-corrected chi connectivity index (χ3v) is 4.34. The zero-order valence-corrected chi connectivity index (χ0v) is 14.7. The van der Waals surface area contributed by atoms with Gasteiger partial charge in [0.1, 0.15) is 0 Å². The average molecular weight is 339 g/mol. The Morgan fingerprint density at radius 1 is 0.920 bits per heavy atom. The van der Waals surface area contributed by atoms with Crippen molar-refractivity contribution in [1.82, 2.24) is 5.32 Å². The summed E-state index contributed by atoms with van der Waals surface area (Å²) in [7, 11) is 0. The first-order chi connectivity index (χ1) is 12.2. The Bertz CT molecular complexity index is 574. The van der Waals surface area contributed by atoms with Crippen LogP contribution in [0, 0.1) is 5.92 Å². The fraction of sp³-hybridized carbons (Fsp3) is 0.381. The third-order valence-electron chi connectivity index (χ3n) is 4.34. The van der Waals surface area contributed by atoms with Crippen LogP contribution >= 0.6 is 0 Å². The highest BCUT2D eigenvalue weighted by Gasteiger charge is 2.20. The number of nitrogens with one attached hydrogen (secondary N) is 1. The minimum atomic E-state index is -0.105. The Labute approximate surface area is 150 Å². The molecule has 2 aromatic carbocycles. The van der Waals surface area contributed by atoms with Crippen molar-refractivity contribution in [1.29, 1.82) is 0 Å². The van der Waals surface area contributed by atoms with E-state index < -0.39 is 0 Å². The zero-order valence-electron chi connectivity index (χ0n) is 14.7. The van der Waals surface area contributed by atoms with E-state index in [0.717, 1.165) is 25.7 Å². The Kier molecular flexibility index (Phi) is 8.16. The topological polar surface area (TPSA) is 81.1 Å². The minimum absolute atomic E-state index is 0.0402. The van der Waals surface area contributed by atoms with E-state index in [1.807, 2.05) is 36.4 Å². The summed E-state index contributed by atoms with van der Waals surface area (Å²) in [6.07, 6.45) is 3.16. The van der Waals surface area contributed by atoms with E-state index in [-0.39, 0.29) is 17.9 Å². The summed E-state index contributed by atoms with van der Waals surface area (Å²) in [6, 6.07) is 20.3. The van der Waals surface area contributed by atoms with Gasteiger partial charge in [0.2, 0.25) is 5.91 Å². The summed E-state index contributed by atoms with van der Waals surface area (Å²) in [6.45, 7) is 1.13. The number of hydrogen-bond donors (Lipinski definition) is 3. The van der Waals surface area contributed by atoms with Crippen LogP contribution in [-0.4, -0.2) is 25.0 Å². The van der Waals surface area contributed by atoms with E-state index in [9.17, 15) is 4.79 Å². The number of benzene rings is 2. The molecule has 0 aliphatic rings. The molecule has 4 nitrogen and oxygen atoms in total. The Hall–Kier alpha value is -2.17. The second-order valence-electron chi connectivity index (χ2n) is 6.51. The number of amides is 1. The molecule has 4 heteroatoms. The standard InChI is InChI=1S/C21H29N3O/c22-13-7-12-20(23)16-24-21(25)19(14-17-8-3-1-4-9-17)15-18-10-5-2-6-11-18/h1-6,8-11,19-20H,7,12-16,22-23H2,(H,24,25). The second kappa shape index (κ2) is 10.6. The van der Waals surface area contributed by atoms with Crippen LogP contribution in [-0.2, 0) is 17.6 Å². The quantitative estimate of drug-likeness (QED) is 0.621. The van der Waals surface area contributed by atoms with Crippen LogP contribution in [0.25, 0.3) is 0 Å². The van der Waals surface area contributed by atoms with Crippen molar-refractivity contribution in [3.63, 3.8) is 0 Å². The fourth-order valence-corrected chi connectivity index (χ4v) is 2.91. The molecule has 0 aromatic heterocycles. The molecule has 1 atom stereocenters. The summed E-state index contributed by atoms with van der Waals surface area (Å²) in [5, 5.41) is 3.03. The van der Waals surface area contributed by atoms with Gasteiger partial charge in [-0.3, -0.25) is 4.79 Å². The lowest BCUT2D eigenvalue weighted by Crippen LogP contribution is -2.41. The molecule has 0 aliphatic carbocycles. The van der Waals surface area contributed by atoms with E-state index in [0.29, 0.717) is 13.1 Å². The van der Waals surface area contributed by atoms with Crippen molar-refractivity contribution in [2.45, 2.75) is 31.7 Å². The van der Waals surface area contributed by atoms with Gasteiger partial charge in [0, 0.05) is 18.5 Å². The van der Waals surface area contributed by atoms with Crippen LogP contribution in [0.1, 0.15) is 24.0 Å². The molecule has 0 fully saturated rings. The van der Waals surface area contributed by atoms with Crippen molar-refractivity contribution >= 4 is 5.91 Å². The first-order valence-electron chi connectivity index (χ1n) is 9.00. The molecule has 5 N–H and O–H groups in total. The number of carbonyl (C=O) groups excluding carboxylic acids is 1. The maximum atomic E-state index is 12.7. The highest BCUT2D eigenvalue weighted by Crippen LogP contribution is 2.15. The maximum absolute atomic E-state index is 12.7. The van der Waals surface area contributed by atoms with Crippen molar-refractivity contribution in [3.05, 3.63) is 71.8 Å². The van der Waals surface area contributed by atoms with Gasteiger partial charge < -0.3 is 16.8 Å². The molecule has 1 amide bonds. The van der Waals surface area contributed by atoms with Gasteiger partial charge in [0.05, 0.1) is 0 Å². The largest absolute Gasteiger partial charge is 0.354 e. The minimum Gasteiger partial charge on any atom is -0.354 e. The number of rotatable bonds is 10. The normalized spacial score (nSPS) is 12.1. The Morgan fingerprint density at radius 3 is 1.92 bits per heavy atom. The van der Waals surface area contributed by atoms with Gasteiger partial charge >= 0.3 is 0 Å². The summed E-state index contributed by atoms with van der Waals surface area (Å²) >= 11 is 0. The van der Waals surface area contributed by atoms with Gasteiger partial charge in [-0.2, -0.15) is 0 Å². The van der Waals surface area contributed by atoms with Crippen LogP contribution in [0.5, 0.6) is 0 Å². The lowest BCUT2D eigenvalue weighted by Gasteiger charge is -2.19. The van der Waals surface area contributed by atoms with Gasteiger partial charge in [-0.1, -0.05) is 60.7 Å². The third kappa shape index (κ3) is 7.08. The van der Waals surface area contributed by atoms with E-state index >= 15 is 0 Å².